The summed E-state index contributed by atoms with van der Waals surface area (Å²) in [7, 11) is 0. The molecule has 44 heavy (non-hydrogen) atoms. The molecule has 0 nitrogen and oxygen atoms in total. The van der Waals surface area contributed by atoms with Gasteiger partial charge in [-0.2, -0.15) is 0 Å². The Morgan fingerprint density at radius 3 is 1.20 bits per heavy atom. The van der Waals surface area contributed by atoms with Gasteiger partial charge in [-0.05, 0) is 99.4 Å². The van der Waals surface area contributed by atoms with E-state index in [1.54, 1.807) is 0 Å². The molecule has 9 rings (SSSR count). The lowest BCUT2D eigenvalue weighted by atomic mass is 9.85. The summed E-state index contributed by atoms with van der Waals surface area (Å²) in [5.41, 5.74) is 7.38. The lowest BCUT2D eigenvalue weighted by molar-refractivity contribution is 1.57. The highest BCUT2D eigenvalue weighted by atomic mass is 14.2. The van der Waals surface area contributed by atoms with Crippen LogP contribution >= 0.6 is 0 Å². The first kappa shape index (κ1) is 24.8. The molecule has 0 aliphatic heterocycles. The van der Waals surface area contributed by atoms with Crippen molar-refractivity contribution in [1.29, 1.82) is 0 Å². The summed E-state index contributed by atoms with van der Waals surface area (Å²) in [6.45, 7) is 0. The summed E-state index contributed by atoms with van der Waals surface area (Å²) in [4.78, 5) is 0. The summed E-state index contributed by atoms with van der Waals surface area (Å²) in [5.74, 6) is 0. The van der Waals surface area contributed by atoms with E-state index in [1.807, 2.05) is 0 Å². The first-order valence-corrected chi connectivity index (χ1v) is 15.3. The molecule has 0 saturated carbocycles. The van der Waals surface area contributed by atoms with Gasteiger partial charge in [0.2, 0.25) is 0 Å². The van der Waals surface area contributed by atoms with Crippen molar-refractivity contribution in [3.63, 3.8) is 0 Å². The van der Waals surface area contributed by atoms with Gasteiger partial charge in [0.1, 0.15) is 0 Å². The van der Waals surface area contributed by atoms with Crippen LogP contribution in [0.15, 0.2) is 170 Å². The molecular weight excluding hydrogens is 528 g/mol. The van der Waals surface area contributed by atoms with Crippen LogP contribution in [0.2, 0.25) is 0 Å². The van der Waals surface area contributed by atoms with Crippen LogP contribution in [0.3, 0.4) is 0 Å². The summed E-state index contributed by atoms with van der Waals surface area (Å²) in [6.07, 6.45) is 0. The van der Waals surface area contributed by atoms with E-state index in [1.165, 1.54) is 87.2 Å². The highest BCUT2D eigenvalue weighted by molar-refractivity contribution is 6.39. The Balaban J connectivity index is 1.44. The molecule has 9 aromatic carbocycles. The van der Waals surface area contributed by atoms with Gasteiger partial charge in [-0.1, -0.05) is 158 Å². The minimum Gasteiger partial charge on any atom is -0.0622 e. The van der Waals surface area contributed by atoms with Crippen LogP contribution in [0.1, 0.15) is 0 Å². The number of fused-ring (bicyclic) bond motifs is 11. The smallest absolute Gasteiger partial charge is 0.00137 e. The van der Waals surface area contributed by atoms with E-state index in [2.05, 4.69) is 170 Å². The van der Waals surface area contributed by atoms with Gasteiger partial charge >= 0.3 is 0 Å². The van der Waals surface area contributed by atoms with Crippen molar-refractivity contribution < 1.29 is 0 Å². The molecule has 0 saturated heterocycles. The standard InChI is InChI=1S/C44H28/c1-3-13-29(14-4-1)31-23-25-33(30-15-5-2-6-16-30)41(27-31)32-24-26-37-36-19-9-11-21-39(36)43-38-20-10-7-17-34(38)35-18-8-12-22-40(35)44(43)42(37)28-32/h1-28H. The Labute approximate surface area is 256 Å². The summed E-state index contributed by atoms with van der Waals surface area (Å²) < 4.78 is 0. The average Bonchev–Trinajstić information content (AvgIpc) is 3.11. The molecule has 0 bridgehead atoms. The van der Waals surface area contributed by atoms with Gasteiger partial charge < -0.3 is 0 Å². The Kier molecular flexibility index (Phi) is 5.61. The molecule has 0 spiro atoms. The van der Waals surface area contributed by atoms with Crippen LogP contribution in [0.5, 0.6) is 0 Å². The molecule has 0 heteroatoms. The van der Waals surface area contributed by atoms with Crippen molar-refractivity contribution in [3.05, 3.63) is 170 Å². The maximum absolute atomic E-state index is 2.45. The van der Waals surface area contributed by atoms with Gasteiger partial charge in [-0.3, -0.25) is 0 Å². The van der Waals surface area contributed by atoms with Crippen LogP contribution in [0, 0.1) is 0 Å². The normalized spacial score (nSPS) is 11.6. The summed E-state index contributed by atoms with van der Waals surface area (Å²) in [5, 5.41) is 13.1. The number of hydrogen-bond acceptors (Lipinski definition) is 0. The zero-order chi connectivity index (χ0) is 29.0. The molecule has 204 valence electrons. The first-order chi connectivity index (χ1) is 21.8. The van der Waals surface area contributed by atoms with Crippen molar-refractivity contribution in [1.82, 2.24) is 0 Å². The molecule has 0 atom stereocenters. The van der Waals surface area contributed by atoms with E-state index in [0.717, 1.165) is 0 Å². The van der Waals surface area contributed by atoms with Gasteiger partial charge in [0, 0.05) is 0 Å². The molecule has 0 N–H and O–H groups in total. The van der Waals surface area contributed by atoms with Gasteiger partial charge in [0.15, 0.2) is 0 Å². The largest absolute Gasteiger partial charge is 0.0622 e. The Hall–Kier alpha value is -5.72. The van der Waals surface area contributed by atoms with Gasteiger partial charge in [-0.25, -0.2) is 0 Å². The molecule has 0 radical (unpaired) electrons. The fourth-order valence-electron chi connectivity index (χ4n) is 7.25. The zero-order valence-electron chi connectivity index (χ0n) is 24.2. The molecule has 0 amide bonds. The Morgan fingerprint density at radius 1 is 0.205 bits per heavy atom. The van der Waals surface area contributed by atoms with Crippen LogP contribution in [-0.4, -0.2) is 0 Å². The molecular formula is C44H28. The fraction of sp³-hybridized carbons (Fsp3) is 0. The predicted octanol–water partition coefficient (Wildman–Crippen LogP) is 12.5. The third-order valence-electron chi connectivity index (χ3n) is 9.23. The topological polar surface area (TPSA) is 0 Å². The van der Waals surface area contributed by atoms with E-state index in [-0.39, 0.29) is 0 Å². The maximum Gasteiger partial charge on any atom is -0.00137 e. The van der Waals surface area contributed by atoms with E-state index >= 15 is 0 Å². The monoisotopic (exact) mass is 556 g/mol. The average molecular weight is 557 g/mol. The lowest BCUT2D eigenvalue weighted by Crippen LogP contribution is -1.91. The minimum atomic E-state index is 1.22. The van der Waals surface area contributed by atoms with Gasteiger partial charge in [-0.15, -0.1) is 0 Å². The molecule has 0 unspecified atom stereocenters. The van der Waals surface area contributed by atoms with Crippen LogP contribution in [0.25, 0.3) is 87.2 Å². The fourth-order valence-corrected chi connectivity index (χ4v) is 7.25. The summed E-state index contributed by atoms with van der Waals surface area (Å²) in [6, 6.07) is 62.2. The second-order valence-corrected chi connectivity index (χ2v) is 11.6. The number of hydrogen-bond donors (Lipinski definition) is 0. The number of benzene rings is 9. The quantitative estimate of drug-likeness (QED) is 0.190. The molecule has 0 aliphatic rings. The van der Waals surface area contributed by atoms with Crippen molar-refractivity contribution in [2.75, 3.05) is 0 Å². The molecule has 0 aliphatic carbocycles. The van der Waals surface area contributed by atoms with Crippen molar-refractivity contribution in [2.45, 2.75) is 0 Å². The predicted molar refractivity (Wildman–Crippen MR) is 190 cm³/mol. The van der Waals surface area contributed by atoms with E-state index in [9.17, 15) is 0 Å². The van der Waals surface area contributed by atoms with Crippen molar-refractivity contribution in [3.8, 4) is 33.4 Å². The van der Waals surface area contributed by atoms with Gasteiger partial charge in [0.05, 0.1) is 0 Å². The van der Waals surface area contributed by atoms with Gasteiger partial charge in [0.25, 0.3) is 0 Å². The third-order valence-corrected chi connectivity index (χ3v) is 9.23. The van der Waals surface area contributed by atoms with Crippen LogP contribution in [0.4, 0.5) is 0 Å². The van der Waals surface area contributed by atoms with E-state index < -0.39 is 0 Å². The van der Waals surface area contributed by atoms with E-state index in [4.69, 9.17) is 0 Å². The second kappa shape index (κ2) is 9.93. The summed E-state index contributed by atoms with van der Waals surface area (Å²) >= 11 is 0. The first-order valence-electron chi connectivity index (χ1n) is 15.3. The highest BCUT2D eigenvalue weighted by Gasteiger charge is 2.17. The molecule has 9 aromatic rings. The Bertz CT molecular complexity index is 2510. The van der Waals surface area contributed by atoms with Crippen LogP contribution in [-0.2, 0) is 0 Å². The number of rotatable bonds is 3. The van der Waals surface area contributed by atoms with E-state index in [0.29, 0.717) is 0 Å². The van der Waals surface area contributed by atoms with Crippen molar-refractivity contribution >= 4 is 53.9 Å². The van der Waals surface area contributed by atoms with Crippen molar-refractivity contribution in [2.24, 2.45) is 0 Å². The SMILES string of the molecule is c1ccc(-c2ccc(-c3ccccc3)c(-c3ccc4c5ccccc5c5c6ccccc6c6ccccc6c5c4c3)c2)cc1. The minimum absolute atomic E-state index is 1.22. The molecule has 0 fully saturated rings. The third kappa shape index (κ3) is 3.78. The molecule has 0 aromatic heterocycles. The van der Waals surface area contributed by atoms with Crippen LogP contribution < -0.4 is 0 Å². The second-order valence-electron chi connectivity index (χ2n) is 11.6. The maximum atomic E-state index is 2.45. The highest BCUT2D eigenvalue weighted by Crippen LogP contribution is 2.45. The Morgan fingerprint density at radius 2 is 0.636 bits per heavy atom. The lowest BCUT2D eigenvalue weighted by Gasteiger charge is -2.18. The zero-order valence-corrected chi connectivity index (χ0v) is 24.2. The molecule has 0 heterocycles.